The van der Waals surface area contributed by atoms with Gasteiger partial charge in [0.1, 0.15) is 15.6 Å². The first kappa shape index (κ1) is 34.0. The minimum atomic E-state index is -3.51. The second-order valence-corrected chi connectivity index (χ2v) is 16.8. The molecule has 0 unspecified atom stereocenters. The van der Waals surface area contributed by atoms with Crippen LogP contribution in [0, 0.1) is 24.7 Å². The Kier molecular flexibility index (Phi) is 9.49. The molecule has 3 aliphatic carbocycles. The number of pyridine rings is 1. The van der Waals surface area contributed by atoms with E-state index in [1.165, 1.54) is 16.7 Å². The van der Waals surface area contributed by atoms with Crippen LogP contribution in [-0.4, -0.2) is 79.0 Å². The number of hydrogen-bond acceptors (Lipinski definition) is 8. The van der Waals surface area contributed by atoms with E-state index in [9.17, 15) is 13.8 Å². The third-order valence-electron chi connectivity index (χ3n) is 11.1. The largest absolute Gasteiger partial charge is 0.489 e. The number of ether oxygens (including phenoxy) is 3. The fourth-order valence-corrected chi connectivity index (χ4v) is 10.1. The number of carbonyl (C=O) groups excluding carboxylic acids is 2. The molecule has 3 heterocycles. The van der Waals surface area contributed by atoms with Crippen LogP contribution in [-0.2, 0) is 31.2 Å². The number of benzene rings is 1. The number of rotatable bonds is 4. The van der Waals surface area contributed by atoms with E-state index < -0.39 is 21.9 Å². The minimum absolute atomic E-state index is 0.000154. The molecule has 7 rings (SSSR count). The van der Waals surface area contributed by atoms with Gasteiger partial charge in [0, 0.05) is 32.7 Å². The Morgan fingerprint density at radius 2 is 2.02 bits per heavy atom. The predicted molar refractivity (Wildman–Crippen MR) is 188 cm³/mol. The Hall–Kier alpha value is -3.48. The van der Waals surface area contributed by atoms with Crippen molar-refractivity contribution in [1.82, 2.24) is 15.0 Å². The van der Waals surface area contributed by atoms with Crippen LogP contribution >= 0.6 is 0 Å². The van der Waals surface area contributed by atoms with Crippen molar-refractivity contribution in [3.05, 3.63) is 64.9 Å². The maximum Gasteiger partial charge on any atom is 0.327 e. The fourth-order valence-electron chi connectivity index (χ4n) is 8.30. The molecular formula is C37H49N5O6S. The number of methoxy groups -OCH3 is 2. The molecule has 2 saturated carbocycles. The Bertz CT molecular complexity index is 1760. The van der Waals surface area contributed by atoms with E-state index in [4.69, 9.17) is 19.2 Å². The van der Waals surface area contributed by atoms with Crippen molar-refractivity contribution < 1.29 is 28.0 Å². The molecule has 12 heteroatoms. The zero-order valence-corrected chi connectivity index (χ0v) is 29.8. The molecule has 1 aromatic carbocycles. The smallest absolute Gasteiger partial charge is 0.327 e. The molecule has 3 amide bonds. The number of anilines is 1. The summed E-state index contributed by atoms with van der Waals surface area (Å²) in [5.74, 6) is 1.06. The number of aryl methyl sites for hydroxylation is 2. The summed E-state index contributed by atoms with van der Waals surface area (Å²) in [6.45, 7) is 6.05. The second kappa shape index (κ2) is 13.7. The molecule has 8 atom stereocenters. The average Bonchev–Trinajstić information content (AvgIpc) is 3.83. The van der Waals surface area contributed by atoms with Gasteiger partial charge in [0.25, 0.3) is 0 Å². The van der Waals surface area contributed by atoms with Crippen LogP contribution in [0.15, 0.2) is 46.8 Å². The van der Waals surface area contributed by atoms with Gasteiger partial charge in [0.05, 0.1) is 30.6 Å². The van der Waals surface area contributed by atoms with Gasteiger partial charge in [-0.25, -0.2) is 14.0 Å². The summed E-state index contributed by atoms with van der Waals surface area (Å²) >= 11 is 0. The summed E-state index contributed by atoms with van der Waals surface area (Å²) in [4.78, 5) is 34.0. The second-order valence-electron chi connectivity index (χ2n) is 14.8. The van der Waals surface area contributed by atoms with E-state index in [-0.39, 0.29) is 41.0 Å². The summed E-state index contributed by atoms with van der Waals surface area (Å²) in [6.07, 6.45) is 10.6. The van der Waals surface area contributed by atoms with E-state index >= 15 is 0 Å². The van der Waals surface area contributed by atoms with Crippen molar-refractivity contribution in [2.24, 2.45) is 22.1 Å². The minimum Gasteiger partial charge on any atom is -0.489 e. The molecule has 1 spiro atoms. The first-order valence-corrected chi connectivity index (χ1v) is 19.4. The van der Waals surface area contributed by atoms with Gasteiger partial charge in [-0.05, 0) is 92.9 Å². The number of carbonyl (C=O) groups is 2. The Labute approximate surface area is 289 Å². The van der Waals surface area contributed by atoms with Crippen LogP contribution in [0.3, 0.4) is 0 Å². The van der Waals surface area contributed by atoms with Crippen molar-refractivity contribution in [3.63, 3.8) is 0 Å². The maximum atomic E-state index is 14.3. The van der Waals surface area contributed by atoms with Gasteiger partial charge in [0.15, 0.2) is 11.6 Å². The topological polar surface area (TPSA) is 131 Å². The van der Waals surface area contributed by atoms with E-state index in [0.717, 1.165) is 38.6 Å². The van der Waals surface area contributed by atoms with Crippen molar-refractivity contribution >= 4 is 27.7 Å². The molecule has 2 fully saturated rings. The molecule has 264 valence electrons. The van der Waals surface area contributed by atoms with Crippen LogP contribution < -0.4 is 19.7 Å². The molecule has 2 aromatic rings. The van der Waals surface area contributed by atoms with Crippen LogP contribution in [0.5, 0.6) is 5.75 Å². The summed E-state index contributed by atoms with van der Waals surface area (Å²) in [5, 5.41) is 2.79. The van der Waals surface area contributed by atoms with E-state index in [2.05, 4.69) is 56.6 Å². The van der Waals surface area contributed by atoms with Crippen LogP contribution in [0.2, 0.25) is 0 Å². The highest BCUT2D eigenvalue weighted by atomic mass is 32.2. The standard InChI is InChI=1S/C37H49N5O6S/c1-23-10-13-28-25(17-23)8-6-16-37(28)21-42-19-26-11-12-27(26)31(46-3)9-5-7-24(2)20-49(45,41-36(44)39-30-18-33(30)47-4)40-35(43)29-14-15-32(48-22-37)34(42)38-29/h5,9-10,13-15,17,24,26-27,30-31,33H,6-8,11-12,16,18-22H2,1-4H3,(H2,39,40,41,43,44,45)/b9-5+/t24-,26-,27+,30-,31-,33-,37-,49-/m0/s1. The summed E-state index contributed by atoms with van der Waals surface area (Å²) in [7, 11) is -0.162. The molecule has 49 heavy (non-hydrogen) atoms. The van der Waals surface area contributed by atoms with Crippen molar-refractivity contribution in [3.8, 4) is 5.75 Å². The number of amides is 3. The van der Waals surface area contributed by atoms with Crippen molar-refractivity contribution in [1.29, 1.82) is 0 Å². The van der Waals surface area contributed by atoms with Gasteiger partial charge in [0.2, 0.25) is 0 Å². The summed E-state index contributed by atoms with van der Waals surface area (Å²) < 4.78 is 39.0. The molecule has 0 saturated heterocycles. The number of nitrogens with zero attached hydrogens (tertiary/aromatic N) is 3. The van der Waals surface area contributed by atoms with Gasteiger partial charge in [-0.1, -0.05) is 42.8 Å². The first-order valence-electron chi connectivity index (χ1n) is 17.7. The van der Waals surface area contributed by atoms with Gasteiger partial charge in [-0.15, -0.1) is 4.36 Å². The molecule has 11 nitrogen and oxygen atoms in total. The van der Waals surface area contributed by atoms with Crippen molar-refractivity contribution in [2.75, 3.05) is 44.6 Å². The lowest BCUT2D eigenvalue weighted by atomic mass is 9.68. The fraction of sp³-hybridized carbons (Fsp3) is 0.595. The number of fused-ring (bicyclic) bond motifs is 4. The maximum absolute atomic E-state index is 14.3. The zero-order valence-electron chi connectivity index (χ0n) is 29.0. The first-order chi connectivity index (χ1) is 23.6. The molecule has 0 radical (unpaired) electrons. The van der Waals surface area contributed by atoms with E-state index in [1.807, 2.05) is 6.92 Å². The molecule has 1 aromatic heterocycles. The highest BCUT2D eigenvalue weighted by Crippen LogP contribution is 2.46. The van der Waals surface area contributed by atoms with E-state index in [1.54, 1.807) is 26.4 Å². The molecule has 2 aliphatic heterocycles. The Morgan fingerprint density at radius 3 is 2.78 bits per heavy atom. The summed E-state index contributed by atoms with van der Waals surface area (Å²) in [6, 6.07) is 9.36. The van der Waals surface area contributed by atoms with Crippen LogP contribution in [0.4, 0.5) is 10.6 Å². The molecule has 5 aliphatic rings. The number of nitrogens with one attached hydrogen (secondary N) is 2. The predicted octanol–water partition coefficient (Wildman–Crippen LogP) is 5.11. The van der Waals surface area contributed by atoms with Crippen LogP contribution in [0.1, 0.15) is 72.6 Å². The average molecular weight is 692 g/mol. The third-order valence-corrected chi connectivity index (χ3v) is 13.1. The van der Waals surface area contributed by atoms with Gasteiger partial charge in [-0.3, -0.25) is 9.52 Å². The number of hydrogen-bond donors (Lipinski definition) is 2. The van der Waals surface area contributed by atoms with Gasteiger partial charge < -0.3 is 24.4 Å². The van der Waals surface area contributed by atoms with Crippen molar-refractivity contribution in [2.45, 2.75) is 82.5 Å². The number of allylic oxidation sites excluding steroid dienone is 1. The van der Waals surface area contributed by atoms with Gasteiger partial charge >= 0.3 is 11.9 Å². The SMILES string of the molecule is CO[C@H]1/C=C/C[C@H](C)C[S@@](=O)(NC(=O)N[C@H]2C[C@@H]2OC)=NC(=O)c2ccc3c(n2)N(C[C@@H]2CC[C@H]21)C[C@@]1(CCCc2cc(C)ccc21)CO3. The highest BCUT2D eigenvalue weighted by Gasteiger charge is 2.45. The van der Waals surface area contributed by atoms with E-state index in [0.29, 0.717) is 49.4 Å². The number of aromatic nitrogens is 1. The molecule has 2 N–H and O–H groups in total. The molecular weight excluding hydrogens is 643 g/mol. The summed E-state index contributed by atoms with van der Waals surface area (Å²) in [5.41, 5.74) is 3.80. The Balaban J connectivity index is 1.27. The normalized spacial score (nSPS) is 34.6. The number of urea groups is 1. The monoisotopic (exact) mass is 691 g/mol. The van der Waals surface area contributed by atoms with Gasteiger partial charge in [-0.2, -0.15) is 0 Å². The van der Waals surface area contributed by atoms with Crippen LogP contribution in [0.25, 0.3) is 0 Å². The zero-order chi connectivity index (χ0) is 34.3. The quantitative estimate of drug-likeness (QED) is 0.423. The lowest BCUT2D eigenvalue weighted by Gasteiger charge is -2.45. The lowest BCUT2D eigenvalue weighted by Crippen LogP contribution is -2.49. The highest BCUT2D eigenvalue weighted by molar-refractivity contribution is 7.92. The third kappa shape index (κ3) is 7.09. The Morgan fingerprint density at radius 1 is 1.16 bits per heavy atom. The molecule has 2 bridgehead atoms. The lowest BCUT2D eigenvalue weighted by molar-refractivity contribution is 0.0131.